The molecule has 0 aliphatic carbocycles. The number of benzene rings is 1. The number of ether oxygens (including phenoxy) is 1. The molecule has 3 aromatic rings. The lowest BCUT2D eigenvalue weighted by molar-refractivity contribution is 0.0987. The molecule has 3 heterocycles. The molecule has 1 aliphatic rings. The predicted octanol–water partition coefficient (Wildman–Crippen LogP) is 1.63. The Morgan fingerprint density at radius 3 is 2.80 bits per heavy atom. The van der Waals surface area contributed by atoms with Gasteiger partial charge in [0.25, 0.3) is 0 Å². The van der Waals surface area contributed by atoms with Gasteiger partial charge in [0.05, 0.1) is 25.9 Å². The van der Waals surface area contributed by atoms with Crippen LogP contribution in [0.15, 0.2) is 36.5 Å². The van der Waals surface area contributed by atoms with Gasteiger partial charge in [0, 0.05) is 17.3 Å². The number of cyclic esters (lactones) is 1. The van der Waals surface area contributed by atoms with E-state index in [-0.39, 0.29) is 13.2 Å². The summed E-state index contributed by atoms with van der Waals surface area (Å²) in [5.41, 5.74) is 1.67. The van der Waals surface area contributed by atoms with Crippen LogP contribution >= 0.6 is 8.60 Å². The summed E-state index contributed by atoms with van der Waals surface area (Å²) in [6.07, 6.45) is 0.151. The van der Waals surface area contributed by atoms with Crippen LogP contribution in [0.5, 0.6) is 0 Å². The summed E-state index contributed by atoms with van der Waals surface area (Å²) < 4.78 is 24.5. The molecule has 30 heavy (non-hydrogen) atoms. The van der Waals surface area contributed by atoms with Crippen LogP contribution in [0.25, 0.3) is 22.6 Å². The van der Waals surface area contributed by atoms with E-state index in [9.17, 15) is 9.18 Å². The molecule has 2 N–H and O–H groups in total. The average molecular weight is 434 g/mol. The first-order chi connectivity index (χ1) is 14.4. The number of carbonyl (C=O) groups excluding carboxylic acids is 1. The van der Waals surface area contributed by atoms with Gasteiger partial charge in [-0.1, -0.05) is 6.07 Å². The number of carbonyl (C=O) groups is 1. The van der Waals surface area contributed by atoms with E-state index >= 15 is 0 Å². The predicted molar refractivity (Wildman–Crippen MR) is 102 cm³/mol. The average Bonchev–Trinajstić information content (AvgIpc) is 3.32. The van der Waals surface area contributed by atoms with E-state index in [0.717, 1.165) is 0 Å². The minimum Gasteiger partial charge on any atom is -0.441 e. The van der Waals surface area contributed by atoms with Gasteiger partial charge in [-0.25, -0.2) is 9.18 Å². The topological polar surface area (TPSA) is 136 Å². The number of nitrogens with zero attached hydrogens (tertiary/aromatic N) is 6. The summed E-state index contributed by atoms with van der Waals surface area (Å²) >= 11 is 0. The molecule has 1 aliphatic heterocycles. The number of anilines is 1. The minimum atomic E-state index is -2.54. The van der Waals surface area contributed by atoms with E-state index in [0.29, 0.717) is 28.3 Å². The highest BCUT2D eigenvalue weighted by atomic mass is 31.2. The molecule has 1 aromatic carbocycles. The number of hydrogen-bond donors (Lipinski definition) is 2. The van der Waals surface area contributed by atoms with Gasteiger partial charge in [0.2, 0.25) is 5.82 Å². The molecule has 1 fully saturated rings. The van der Waals surface area contributed by atoms with Gasteiger partial charge in [0.1, 0.15) is 17.6 Å². The Morgan fingerprint density at radius 1 is 1.33 bits per heavy atom. The fraction of sp³-hybridized carbons (Fsp3) is 0.235. The zero-order valence-corrected chi connectivity index (χ0v) is 16.5. The van der Waals surface area contributed by atoms with Crippen LogP contribution in [0.4, 0.5) is 14.9 Å². The van der Waals surface area contributed by atoms with Crippen molar-refractivity contribution in [2.24, 2.45) is 7.05 Å². The summed E-state index contributed by atoms with van der Waals surface area (Å²) in [6.45, 7) is -0.0671. The maximum Gasteiger partial charge on any atom is 0.414 e. The molecule has 2 aromatic heterocycles. The second-order valence-electron chi connectivity index (χ2n) is 6.36. The molecule has 13 heteroatoms. The number of tetrazole rings is 1. The quantitative estimate of drug-likeness (QED) is 0.555. The van der Waals surface area contributed by atoms with Crippen molar-refractivity contribution in [3.05, 3.63) is 42.3 Å². The second kappa shape index (κ2) is 8.36. The van der Waals surface area contributed by atoms with Crippen LogP contribution in [-0.2, 0) is 16.3 Å². The lowest BCUT2D eigenvalue weighted by atomic mass is 10.1. The van der Waals surface area contributed by atoms with Gasteiger partial charge in [-0.3, -0.25) is 9.88 Å². The van der Waals surface area contributed by atoms with Crippen molar-refractivity contribution in [2.75, 3.05) is 18.1 Å². The summed E-state index contributed by atoms with van der Waals surface area (Å²) in [5, 5.41) is 11.7. The smallest absolute Gasteiger partial charge is 0.414 e. The number of aromatic nitrogens is 5. The Hall–Kier alpha value is -3.05. The van der Waals surface area contributed by atoms with Gasteiger partial charge in [-0.05, 0) is 29.5 Å². The fourth-order valence-electron chi connectivity index (χ4n) is 2.95. The van der Waals surface area contributed by atoms with E-state index in [1.165, 1.54) is 22.0 Å². The molecule has 11 nitrogen and oxygen atoms in total. The van der Waals surface area contributed by atoms with E-state index in [4.69, 9.17) is 14.5 Å². The highest BCUT2D eigenvalue weighted by Gasteiger charge is 2.33. The Morgan fingerprint density at radius 2 is 2.17 bits per heavy atom. The number of pyridine rings is 1. The molecule has 1 amide bonds. The molecular formula is C17H16FN6O5P. The lowest BCUT2D eigenvalue weighted by Gasteiger charge is -2.14. The molecule has 1 saturated heterocycles. The molecular weight excluding hydrogens is 418 g/mol. The maximum atomic E-state index is 14.8. The van der Waals surface area contributed by atoms with Crippen molar-refractivity contribution in [3.63, 3.8) is 0 Å². The van der Waals surface area contributed by atoms with Gasteiger partial charge in [-0.15, -0.1) is 10.2 Å². The van der Waals surface area contributed by atoms with Crippen molar-refractivity contribution >= 4 is 20.4 Å². The van der Waals surface area contributed by atoms with Crippen LogP contribution in [0.3, 0.4) is 0 Å². The molecule has 1 atom stereocenters. The lowest BCUT2D eigenvalue weighted by Crippen LogP contribution is -2.25. The first kappa shape index (κ1) is 20.2. The minimum absolute atomic E-state index is 0.0994. The van der Waals surface area contributed by atoms with Crippen LogP contribution < -0.4 is 4.90 Å². The number of halogens is 1. The van der Waals surface area contributed by atoms with Crippen LogP contribution in [0.1, 0.15) is 0 Å². The molecule has 4 rings (SSSR count). The first-order valence-electron chi connectivity index (χ1n) is 8.70. The van der Waals surface area contributed by atoms with Gasteiger partial charge in [0.15, 0.2) is 0 Å². The van der Waals surface area contributed by atoms with Gasteiger partial charge < -0.3 is 19.0 Å². The SMILES string of the molecule is Cn1nnc(-c2ccc(-c3ccc(N4C[C@H](COP(O)O)OC4=O)cc3F)cn2)n1. The number of hydrogen-bond acceptors (Lipinski definition) is 9. The fourth-order valence-corrected chi connectivity index (χ4v) is 3.25. The van der Waals surface area contributed by atoms with E-state index in [1.807, 2.05) is 0 Å². The van der Waals surface area contributed by atoms with Crippen LogP contribution in [-0.4, -0.2) is 60.3 Å². The van der Waals surface area contributed by atoms with Crippen molar-refractivity contribution in [2.45, 2.75) is 6.10 Å². The van der Waals surface area contributed by atoms with Gasteiger partial charge >= 0.3 is 14.7 Å². The maximum absolute atomic E-state index is 14.8. The van der Waals surface area contributed by atoms with E-state index in [1.54, 1.807) is 31.3 Å². The third kappa shape index (κ3) is 4.26. The Kier molecular flexibility index (Phi) is 5.64. The van der Waals surface area contributed by atoms with Crippen LogP contribution in [0.2, 0.25) is 0 Å². The highest BCUT2D eigenvalue weighted by molar-refractivity contribution is 7.39. The third-order valence-corrected chi connectivity index (χ3v) is 4.71. The zero-order chi connectivity index (χ0) is 21.3. The standard InChI is InChI=1S/C17H16FN6O5P/c1-23-21-16(20-22-23)15-5-2-10(7-19-15)13-4-3-11(6-14(13)18)24-8-12(29-17(24)25)9-28-30(26)27/h2-7,12,26-27H,8-9H2,1H3/t12-/m1/s1. The van der Waals surface area contributed by atoms with Crippen molar-refractivity contribution in [1.29, 1.82) is 0 Å². The Labute approximate surface area is 170 Å². The summed E-state index contributed by atoms with van der Waals surface area (Å²) in [7, 11) is -0.896. The van der Waals surface area contributed by atoms with Crippen molar-refractivity contribution < 1.29 is 28.2 Å². The molecule has 0 radical (unpaired) electrons. The number of amides is 1. The summed E-state index contributed by atoms with van der Waals surface area (Å²) in [5.74, 6) is -0.178. The van der Waals surface area contributed by atoms with Crippen molar-refractivity contribution in [1.82, 2.24) is 25.2 Å². The first-order valence-corrected chi connectivity index (χ1v) is 9.86. The third-order valence-electron chi connectivity index (χ3n) is 4.33. The monoisotopic (exact) mass is 434 g/mol. The van der Waals surface area contributed by atoms with Crippen molar-refractivity contribution in [3.8, 4) is 22.6 Å². The van der Waals surface area contributed by atoms with Crippen LogP contribution in [0, 0.1) is 5.82 Å². The molecule has 0 unspecified atom stereocenters. The largest absolute Gasteiger partial charge is 0.441 e. The zero-order valence-electron chi connectivity index (χ0n) is 15.6. The van der Waals surface area contributed by atoms with Gasteiger partial charge in [-0.2, -0.15) is 4.80 Å². The number of aryl methyl sites for hydroxylation is 1. The van der Waals surface area contributed by atoms with E-state index in [2.05, 4.69) is 24.9 Å². The Bertz CT molecular complexity index is 1060. The Balaban J connectivity index is 1.50. The molecule has 0 bridgehead atoms. The van der Waals surface area contributed by atoms with E-state index < -0.39 is 26.6 Å². The molecule has 0 saturated carbocycles. The molecule has 0 spiro atoms. The highest BCUT2D eigenvalue weighted by Crippen LogP contribution is 2.31. The number of rotatable bonds is 6. The summed E-state index contributed by atoms with van der Waals surface area (Å²) in [4.78, 5) is 36.5. The molecule has 156 valence electrons. The summed E-state index contributed by atoms with van der Waals surface area (Å²) in [6, 6.07) is 7.71. The second-order valence-corrected chi connectivity index (χ2v) is 7.13. The normalized spacial score (nSPS) is 16.4.